The van der Waals surface area contributed by atoms with Crippen LogP contribution in [-0.2, 0) is 4.79 Å². The molecule has 0 aliphatic rings. The molecular weight excluding hydrogens is 349 g/mol. The molecule has 0 radical (unpaired) electrons. The molecular formula is C20H22FN3O3. The summed E-state index contributed by atoms with van der Waals surface area (Å²) in [5.74, 6) is 0.542. The van der Waals surface area contributed by atoms with Crippen LogP contribution >= 0.6 is 0 Å². The molecule has 0 fully saturated rings. The highest BCUT2D eigenvalue weighted by molar-refractivity contribution is 5.80. The average Bonchev–Trinajstić information content (AvgIpc) is 3.02. The summed E-state index contributed by atoms with van der Waals surface area (Å²) in [4.78, 5) is 11.0. The first-order chi connectivity index (χ1) is 13.0. The lowest BCUT2D eigenvalue weighted by Crippen LogP contribution is -2.35. The zero-order valence-corrected chi connectivity index (χ0v) is 15.5. The summed E-state index contributed by atoms with van der Waals surface area (Å²) in [6, 6.07) is 10.0. The monoisotopic (exact) mass is 371 g/mol. The lowest BCUT2D eigenvalue weighted by Gasteiger charge is -2.14. The molecule has 1 atom stereocenters. The molecule has 6 nitrogen and oxygen atoms in total. The number of carbonyl (C=O) groups excluding carboxylic acids is 1. The van der Waals surface area contributed by atoms with Crippen molar-refractivity contribution in [2.45, 2.75) is 26.8 Å². The summed E-state index contributed by atoms with van der Waals surface area (Å²) in [6.45, 7) is 6.00. The van der Waals surface area contributed by atoms with Crippen molar-refractivity contribution in [1.29, 1.82) is 0 Å². The zero-order valence-electron chi connectivity index (χ0n) is 15.5. The third-order valence-electron chi connectivity index (χ3n) is 3.91. The van der Waals surface area contributed by atoms with Crippen LogP contribution in [0, 0.1) is 5.82 Å². The number of benzene rings is 2. The molecule has 1 aromatic heterocycles. The fraction of sp³-hybridized carbons (Fsp3) is 0.300. The number of nitrogens with zero attached hydrogens (tertiary/aromatic N) is 2. The molecule has 0 aliphatic carbocycles. The maximum Gasteiger partial charge on any atom is 0.217 e. The molecule has 0 aliphatic heterocycles. The van der Waals surface area contributed by atoms with Gasteiger partial charge in [-0.1, -0.05) is 0 Å². The van der Waals surface area contributed by atoms with Gasteiger partial charge in [-0.3, -0.25) is 4.79 Å². The smallest absolute Gasteiger partial charge is 0.217 e. The van der Waals surface area contributed by atoms with E-state index in [9.17, 15) is 9.18 Å². The van der Waals surface area contributed by atoms with E-state index in [0.29, 0.717) is 18.0 Å². The Kier molecular flexibility index (Phi) is 5.59. The highest BCUT2D eigenvalue weighted by Gasteiger charge is 2.11. The zero-order chi connectivity index (χ0) is 19.4. The largest absolute Gasteiger partial charge is 0.494 e. The summed E-state index contributed by atoms with van der Waals surface area (Å²) in [5.41, 5.74) is 1.05. The van der Waals surface area contributed by atoms with Gasteiger partial charge in [-0.15, -0.1) is 0 Å². The Balaban J connectivity index is 1.77. The predicted octanol–water partition coefficient (Wildman–Crippen LogP) is 3.47. The van der Waals surface area contributed by atoms with Gasteiger partial charge < -0.3 is 14.8 Å². The van der Waals surface area contributed by atoms with E-state index >= 15 is 0 Å². The molecule has 2 aromatic carbocycles. The summed E-state index contributed by atoms with van der Waals surface area (Å²) in [7, 11) is 0. The lowest BCUT2D eigenvalue weighted by molar-refractivity contribution is -0.119. The number of rotatable bonds is 7. The summed E-state index contributed by atoms with van der Waals surface area (Å²) in [6.07, 6.45) is 1.77. The van der Waals surface area contributed by atoms with Crippen LogP contribution in [0.2, 0.25) is 0 Å². The molecule has 1 N–H and O–H groups in total. The van der Waals surface area contributed by atoms with Gasteiger partial charge in [-0.2, -0.15) is 5.10 Å². The molecule has 3 rings (SSSR count). The van der Waals surface area contributed by atoms with Gasteiger partial charge in [0.2, 0.25) is 5.91 Å². The minimum Gasteiger partial charge on any atom is -0.494 e. The highest BCUT2D eigenvalue weighted by Crippen LogP contribution is 2.24. The van der Waals surface area contributed by atoms with Gasteiger partial charge in [0.15, 0.2) is 5.82 Å². The molecule has 7 heteroatoms. The number of nitrogens with one attached hydrogen (secondary N) is 1. The van der Waals surface area contributed by atoms with E-state index in [4.69, 9.17) is 9.47 Å². The van der Waals surface area contributed by atoms with Gasteiger partial charge in [-0.05, 0) is 38.1 Å². The van der Waals surface area contributed by atoms with Crippen LogP contribution in [0.5, 0.6) is 11.5 Å². The molecule has 27 heavy (non-hydrogen) atoms. The molecule has 0 bridgehead atoms. The minimum absolute atomic E-state index is 0.133. The Bertz CT molecular complexity index is 955. The van der Waals surface area contributed by atoms with E-state index in [-0.39, 0.29) is 18.6 Å². The van der Waals surface area contributed by atoms with Crippen LogP contribution in [-0.4, -0.2) is 34.9 Å². The first-order valence-corrected chi connectivity index (χ1v) is 8.78. The van der Waals surface area contributed by atoms with Crippen molar-refractivity contribution in [3.63, 3.8) is 0 Å². The van der Waals surface area contributed by atoms with E-state index in [0.717, 1.165) is 16.7 Å². The SMILES string of the molecule is CCOc1ccc2cn(-c3ccc(OCC(C)NC(C)=O)cc3F)nc2c1. The Morgan fingerprint density at radius 1 is 1.22 bits per heavy atom. The van der Waals surface area contributed by atoms with E-state index in [1.165, 1.54) is 17.7 Å². The number of ether oxygens (including phenoxy) is 2. The molecule has 3 aromatic rings. The molecule has 142 valence electrons. The second-order valence-electron chi connectivity index (χ2n) is 6.25. The van der Waals surface area contributed by atoms with Gasteiger partial charge in [-0.25, -0.2) is 9.07 Å². The number of halogens is 1. The summed E-state index contributed by atoms with van der Waals surface area (Å²) < 4.78 is 27.1. The maximum absolute atomic E-state index is 14.6. The third-order valence-corrected chi connectivity index (χ3v) is 3.91. The summed E-state index contributed by atoms with van der Waals surface area (Å²) in [5, 5.41) is 8.03. The van der Waals surface area contributed by atoms with Crippen molar-refractivity contribution in [2.24, 2.45) is 0 Å². The summed E-state index contributed by atoms with van der Waals surface area (Å²) >= 11 is 0. The van der Waals surface area contributed by atoms with Crippen LogP contribution in [0.25, 0.3) is 16.6 Å². The Hall–Kier alpha value is -3.09. The Morgan fingerprint density at radius 3 is 2.67 bits per heavy atom. The second-order valence-corrected chi connectivity index (χ2v) is 6.25. The molecule has 1 amide bonds. The van der Waals surface area contributed by atoms with E-state index in [2.05, 4.69) is 10.4 Å². The van der Waals surface area contributed by atoms with E-state index < -0.39 is 5.82 Å². The maximum atomic E-state index is 14.6. The number of amides is 1. The van der Waals surface area contributed by atoms with Crippen LogP contribution < -0.4 is 14.8 Å². The molecule has 0 saturated heterocycles. The van der Waals surface area contributed by atoms with Crippen molar-refractivity contribution in [2.75, 3.05) is 13.2 Å². The number of hydrogen-bond acceptors (Lipinski definition) is 4. The van der Waals surface area contributed by atoms with E-state index in [1.807, 2.05) is 32.0 Å². The van der Waals surface area contributed by atoms with Crippen LogP contribution in [0.4, 0.5) is 4.39 Å². The highest BCUT2D eigenvalue weighted by atomic mass is 19.1. The van der Waals surface area contributed by atoms with Crippen molar-refractivity contribution >= 4 is 16.8 Å². The van der Waals surface area contributed by atoms with Crippen LogP contribution in [0.1, 0.15) is 20.8 Å². The van der Waals surface area contributed by atoms with Crippen molar-refractivity contribution in [1.82, 2.24) is 15.1 Å². The number of hydrogen-bond donors (Lipinski definition) is 1. The van der Waals surface area contributed by atoms with E-state index in [1.54, 1.807) is 18.3 Å². The van der Waals surface area contributed by atoms with Gasteiger partial charge >= 0.3 is 0 Å². The number of carbonyl (C=O) groups is 1. The molecule has 1 unspecified atom stereocenters. The van der Waals surface area contributed by atoms with Crippen molar-refractivity contribution < 1.29 is 18.7 Å². The third kappa shape index (κ3) is 4.55. The first-order valence-electron chi connectivity index (χ1n) is 8.78. The predicted molar refractivity (Wildman–Crippen MR) is 101 cm³/mol. The average molecular weight is 371 g/mol. The van der Waals surface area contributed by atoms with Gasteiger partial charge in [0, 0.05) is 30.6 Å². The Labute approximate surface area is 156 Å². The van der Waals surface area contributed by atoms with Gasteiger partial charge in [0.05, 0.1) is 18.2 Å². The Morgan fingerprint density at radius 2 is 1.96 bits per heavy atom. The number of fused-ring (bicyclic) bond motifs is 1. The fourth-order valence-electron chi connectivity index (χ4n) is 2.75. The lowest BCUT2D eigenvalue weighted by atomic mass is 10.2. The normalized spacial score (nSPS) is 12.0. The molecule has 1 heterocycles. The second kappa shape index (κ2) is 8.07. The molecule has 0 spiro atoms. The van der Waals surface area contributed by atoms with Gasteiger partial charge in [0.1, 0.15) is 23.8 Å². The first kappa shape index (κ1) is 18.7. The molecule has 0 saturated carbocycles. The topological polar surface area (TPSA) is 65.4 Å². The standard InChI is InChI=1S/C20H22FN3O3/c1-4-26-17-6-5-15-11-24(23-19(15)10-17)20-8-7-16(9-18(20)21)27-12-13(2)22-14(3)25/h5-11,13H,4,12H2,1-3H3,(H,22,25). The fourth-order valence-corrected chi connectivity index (χ4v) is 2.75. The minimum atomic E-state index is -0.447. The van der Waals surface area contributed by atoms with Crippen molar-refractivity contribution in [3.05, 3.63) is 48.4 Å². The quantitative estimate of drug-likeness (QED) is 0.691. The van der Waals surface area contributed by atoms with Gasteiger partial charge in [0.25, 0.3) is 0 Å². The number of aromatic nitrogens is 2. The van der Waals surface area contributed by atoms with Crippen molar-refractivity contribution in [3.8, 4) is 17.2 Å². The van der Waals surface area contributed by atoms with Crippen LogP contribution in [0.3, 0.4) is 0 Å². The van der Waals surface area contributed by atoms with Crippen LogP contribution in [0.15, 0.2) is 42.6 Å².